The summed E-state index contributed by atoms with van der Waals surface area (Å²) in [6.45, 7) is 3.67. The van der Waals surface area contributed by atoms with E-state index in [0.717, 1.165) is 30.9 Å². The summed E-state index contributed by atoms with van der Waals surface area (Å²) in [6.07, 6.45) is 1.05. The van der Waals surface area contributed by atoms with Gasteiger partial charge in [0, 0.05) is 20.2 Å². The van der Waals surface area contributed by atoms with Crippen LogP contribution in [0.15, 0.2) is 24.3 Å². The molecule has 0 amide bonds. The van der Waals surface area contributed by atoms with Crippen molar-refractivity contribution in [1.29, 1.82) is 0 Å². The molecule has 0 fully saturated rings. The number of benzene rings is 1. The van der Waals surface area contributed by atoms with E-state index in [1.807, 2.05) is 18.2 Å². The Morgan fingerprint density at radius 3 is 2.83 bits per heavy atom. The molecule has 0 spiro atoms. The smallest absolute Gasteiger partial charge is 0.123 e. The lowest BCUT2D eigenvalue weighted by atomic mass is 10.2. The van der Waals surface area contributed by atoms with Gasteiger partial charge in [0.15, 0.2) is 0 Å². The van der Waals surface area contributed by atoms with Crippen molar-refractivity contribution >= 4 is 11.0 Å². The average Bonchev–Trinajstić information content (AvgIpc) is 2.72. The molecule has 1 N–H and O–H groups in total. The number of methoxy groups -OCH3 is 1. The topological polar surface area (TPSA) is 39.1 Å². The quantitative estimate of drug-likeness (QED) is 0.849. The Balaban J connectivity index is 2.09. The molecule has 4 nitrogen and oxygen atoms in total. The van der Waals surface area contributed by atoms with Gasteiger partial charge in [0.1, 0.15) is 5.82 Å². The molecule has 0 bridgehead atoms. The molecule has 4 heteroatoms. The van der Waals surface area contributed by atoms with Crippen molar-refractivity contribution in [1.82, 2.24) is 14.9 Å². The second kappa shape index (κ2) is 5.98. The van der Waals surface area contributed by atoms with Gasteiger partial charge < -0.3 is 14.6 Å². The summed E-state index contributed by atoms with van der Waals surface area (Å²) in [6, 6.07) is 8.59. The number of hydrogen-bond acceptors (Lipinski definition) is 3. The number of imidazole rings is 1. The van der Waals surface area contributed by atoms with Crippen molar-refractivity contribution in [2.75, 3.05) is 13.7 Å². The van der Waals surface area contributed by atoms with Gasteiger partial charge in [-0.2, -0.15) is 0 Å². The number of rotatable bonds is 6. The molecule has 0 aliphatic heterocycles. The van der Waals surface area contributed by atoms with Crippen LogP contribution in [-0.4, -0.2) is 29.3 Å². The van der Waals surface area contributed by atoms with Crippen molar-refractivity contribution in [3.05, 3.63) is 30.1 Å². The van der Waals surface area contributed by atoms with Gasteiger partial charge in [0.2, 0.25) is 0 Å². The van der Waals surface area contributed by atoms with Crippen LogP contribution >= 0.6 is 0 Å². The fraction of sp³-hybridized carbons (Fsp3) is 0.500. The molecule has 0 radical (unpaired) electrons. The highest BCUT2D eigenvalue weighted by molar-refractivity contribution is 5.75. The number of nitrogens with zero attached hydrogens (tertiary/aromatic N) is 2. The molecule has 1 atom stereocenters. The molecule has 1 aromatic carbocycles. The van der Waals surface area contributed by atoms with Gasteiger partial charge in [-0.05, 0) is 18.6 Å². The fourth-order valence-corrected chi connectivity index (χ4v) is 2.11. The maximum atomic E-state index is 5.18. The Labute approximate surface area is 108 Å². The molecule has 98 valence electrons. The Bertz CT molecular complexity index is 507. The molecule has 18 heavy (non-hydrogen) atoms. The maximum absolute atomic E-state index is 5.18. The highest BCUT2D eigenvalue weighted by Crippen LogP contribution is 2.14. The summed E-state index contributed by atoms with van der Waals surface area (Å²) in [5.41, 5.74) is 2.23. The third kappa shape index (κ3) is 2.71. The van der Waals surface area contributed by atoms with Crippen LogP contribution in [-0.2, 0) is 18.3 Å². The molecule has 0 saturated heterocycles. The number of para-hydroxylation sites is 2. The highest BCUT2D eigenvalue weighted by Gasteiger charge is 2.09. The summed E-state index contributed by atoms with van der Waals surface area (Å²) in [7, 11) is 3.79. The zero-order chi connectivity index (χ0) is 13.0. The summed E-state index contributed by atoms with van der Waals surface area (Å²) in [5, 5.41) is 3.48. The van der Waals surface area contributed by atoms with E-state index in [4.69, 9.17) is 4.74 Å². The van der Waals surface area contributed by atoms with Gasteiger partial charge in [-0.15, -0.1) is 0 Å². The van der Waals surface area contributed by atoms with E-state index in [9.17, 15) is 0 Å². The predicted molar refractivity (Wildman–Crippen MR) is 73.5 cm³/mol. The number of fused-ring (bicyclic) bond motifs is 1. The predicted octanol–water partition coefficient (Wildman–Crippen LogP) is 2.09. The average molecular weight is 247 g/mol. The number of ether oxygens (including phenoxy) is 1. The van der Waals surface area contributed by atoms with Crippen LogP contribution in [0.2, 0.25) is 0 Å². The molecule has 0 saturated carbocycles. The second-order valence-electron chi connectivity index (χ2n) is 4.52. The molecule has 2 aromatic rings. The van der Waals surface area contributed by atoms with E-state index in [0.29, 0.717) is 6.04 Å². The number of nitrogens with one attached hydrogen (secondary N) is 1. The zero-order valence-electron chi connectivity index (χ0n) is 11.3. The van der Waals surface area contributed by atoms with Crippen LogP contribution in [0.5, 0.6) is 0 Å². The van der Waals surface area contributed by atoms with Crippen molar-refractivity contribution < 1.29 is 4.74 Å². The summed E-state index contributed by atoms with van der Waals surface area (Å²) >= 11 is 0. The van der Waals surface area contributed by atoms with Crippen molar-refractivity contribution in [2.45, 2.75) is 25.9 Å². The number of aryl methyl sites for hydroxylation is 1. The van der Waals surface area contributed by atoms with Gasteiger partial charge in [-0.1, -0.05) is 19.1 Å². The number of aromatic nitrogens is 2. The van der Waals surface area contributed by atoms with Crippen LogP contribution in [0.1, 0.15) is 19.2 Å². The molecule has 2 rings (SSSR count). The zero-order valence-corrected chi connectivity index (χ0v) is 11.3. The largest absolute Gasteiger partial charge is 0.383 e. The molecular weight excluding hydrogens is 226 g/mol. The SMILES string of the molecule is CCC(COC)NCc1nc2ccccc2n1C. The molecule has 1 heterocycles. The van der Waals surface area contributed by atoms with Crippen LogP contribution in [0, 0.1) is 0 Å². The summed E-state index contributed by atoms with van der Waals surface area (Å²) < 4.78 is 7.32. The Hall–Kier alpha value is -1.39. The summed E-state index contributed by atoms with van der Waals surface area (Å²) in [5.74, 6) is 1.06. The number of hydrogen-bond donors (Lipinski definition) is 1. The van der Waals surface area contributed by atoms with Crippen molar-refractivity contribution in [3.63, 3.8) is 0 Å². The normalized spacial score (nSPS) is 13.1. The lowest BCUT2D eigenvalue weighted by Crippen LogP contribution is -2.32. The van der Waals surface area contributed by atoms with Crippen molar-refractivity contribution in [2.24, 2.45) is 7.05 Å². The van der Waals surface area contributed by atoms with E-state index >= 15 is 0 Å². The second-order valence-corrected chi connectivity index (χ2v) is 4.52. The van der Waals surface area contributed by atoms with Gasteiger partial charge in [0.25, 0.3) is 0 Å². The first-order valence-electron chi connectivity index (χ1n) is 6.39. The van der Waals surface area contributed by atoms with Gasteiger partial charge in [0.05, 0.1) is 24.2 Å². The van der Waals surface area contributed by atoms with E-state index < -0.39 is 0 Å². The molecule has 0 aliphatic carbocycles. The van der Waals surface area contributed by atoms with Crippen LogP contribution in [0.4, 0.5) is 0 Å². The molecule has 0 aliphatic rings. The van der Waals surface area contributed by atoms with E-state index in [-0.39, 0.29) is 0 Å². The monoisotopic (exact) mass is 247 g/mol. The van der Waals surface area contributed by atoms with Crippen molar-refractivity contribution in [3.8, 4) is 0 Å². The Morgan fingerprint density at radius 1 is 1.39 bits per heavy atom. The van der Waals surface area contributed by atoms with E-state index in [2.05, 4.69) is 34.9 Å². The fourth-order valence-electron chi connectivity index (χ4n) is 2.11. The lowest BCUT2D eigenvalue weighted by Gasteiger charge is -2.15. The minimum Gasteiger partial charge on any atom is -0.383 e. The van der Waals surface area contributed by atoms with E-state index in [1.165, 1.54) is 5.52 Å². The van der Waals surface area contributed by atoms with Crippen LogP contribution < -0.4 is 5.32 Å². The standard InChI is InChI=1S/C14H21N3O/c1-4-11(10-18-3)15-9-14-16-12-7-5-6-8-13(12)17(14)2/h5-8,11,15H,4,9-10H2,1-3H3. The lowest BCUT2D eigenvalue weighted by molar-refractivity contribution is 0.163. The Morgan fingerprint density at radius 2 is 2.17 bits per heavy atom. The maximum Gasteiger partial charge on any atom is 0.123 e. The minimum atomic E-state index is 0.384. The first kappa shape index (κ1) is 13.1. The molecular formula is C14H21N3O. The van der Waals surface area contributed by atoms with Gasteiger partial charge in [-0.25, -0.2) is 4.98 Å². The van der Waals surface area contributed by atoms with Gasteiger partial charge in [-0.3, -0.25) is 0 Å². The Kier molecular flexibility index (Phi) is 4.33. The van der Waals surface area contributed by atoms with Gasteiger partial charge >= 0.3 is 0 Å². The first-order valence-corrected chi connectivity index (χ1v) is 6.39. The van der Waals surface area contributed by atoms with Crippen LogP contribution in [0.25, 0.3) is 11.0 Å². The third-order valence-corrected chi connectivity index (χ3v) is 3.29. The van der Waals surface area contributed by atoms with Crippen LogP contribution in [0.3, 0.4) is 0 Å². The van der Waals surface area contributed by atoms with E-state index in [1.54, 1.807) is 7.11 Å². The highest BCUT2D eigenvalue weighted by atomic mass is 16.5. The molecule has 1 unspecified atom stereocenters. The third-order valence-electron chi connectivity index (χ3n) is 3.29. The first-order chi connectivity index (χ1) is 8.76. The minimum absolute atomic E-state index is 0.384. The summed E-state index contributed by atoms with van der Waals surface area (Å²) in [4.78, 5) is 4.64. The molecule has 1 aromatic heterocycles.